The number of H-pyrrole nitrogens is 1. The molecule has 0 bridgehead atoms. The number of para-hydroxylation sites is 1. The van der Waals surface area contributed by atoms with Crippen LogP contribution in [0.25, 0.3) is 33.2 Å². The molecule has 5 aromatic rings. The molecular formula is C27H24N6O2. The van der Waals surface area contributed by atoms with E-state index in [2.05, 4.69) is 20.8 Å². The van der Waals surface area contributed by atoms with Gasteiger partial charge in [0.25, 0.3) is 5.91 Å². The van der Waals surface area contributed by atoms with E-state index in [1.54, 1.807) is 6.20 Å². The van der Waals surface area contributed by atoms with Crippen molar-refractivity contribution in [1.82, 2.24) is 25.5 Å². The maximum Gasteiger partial charge on any atom is 0.258 e. The Balaban J connectivity index is 1.28. The molecule has 0 unspecified atom stereocenters. The van der Waals surface area contributed by atoms with E-state index in [4.69, 9.17) is 14.7 Å². The molecule has 1 aliphatic carbocycles. The van der Waals surface area contributed by atoms with E-state index >= 15 is 0 Å². The number of amides is 1. The van der Waals surface area contributed by atoms with E-state index in [-0.39, 0.29) is 12.5 Å². The molecule has 6 rings (SSSR count). The third-order valence-corrected chi connectivity index (χ3v) is 6.24. The van der Waals surface area contributed by atoms with Crippen LogP contribution in [0.4, 0.5) is 11.5 Å². The largest absolute Gasteiger partial charge is 0.484 e. The van der Waals surface area contributed by atoms with E-state index in [0.717, 1.165) is 45.9 Å². The van der Waals surface area contributed by atoms with Gasteiger partial charge in [0.2, 0.25) is 0 Å². The molecule has 2 aromatic heterocycles. The summed E-state index contributed by atoms with van der Waals surface area (Å²) in [7, 11) is 0. The van der Waals surface area contributed by atoms with Gasteiger partial charge in [-0.25, -0.2) is 9.97 Å². The summed E-state index contributed by atoms with van der Waals surface area (Å²) in [4.78, 5) is 21.8. The van der Waals surface area contributed by atoms with Gasteiger partial charge in [-0.1, -0.05) is 24.3 Å². The van der Waals surface area contributed by atoms with E-state index in [0.29, 0.717) is 23.4 Å². The van der Waals surface area contributed by atoms with Gasteiger partial charge in [0.15, 0.2) is 12.4 Å². The molecule has 0 radical (unpaired) electrons. The predicted molar refractivity (Wildman–Crippen MR) is 136 cm³/mol. The minimum absolute atomic E-state index is 0.0121. The Bertz CT molecular complexity index is 1520. The second kappa shape index (κ2) is 9.06. The third-order valence-electron chi connectivity index (χ3n) is 6.24. The highest BCUT2D eigenvalue weighted by Crippen LogP contribution is 2.29. The molecule has 1 amide bonds. The van der Waals surface area contributed by atoms with Crippen molar-refractivity contribution < 1.29 is 9.53 Å². The number of rotatable bonds is 7. The molecule has 174 valence electrons. The van der Waals surface area contributed by atoms with Crippen LogP contribution in [0.5, 0.6) is 5.75 Å². The van der Waals surface area contributed by atoms with Crippen LogP contribution in [0.15, 0.2) is 72.9 Å². The van der Waals surface area contributed by atoms with Gasteiger partial charge >= 0.3 is 0 Å². The maximum atomic E-state index is 12.1. The van der Waals surface area contributed by atoms with E-state index in [1.807, 2.05) is 66.7 Å². The Morgan fingerprint density at radius 3 is 2.83 bits per heavy atom. The first-order valence-electron chi connectivity index (χ1n) is 11.7. The summed E-state index contributed by atoms with van der Waals surface area (Å²) in [5.74, 6) is 1.78. The second-order valence-corrected chi connectivity index (χ2v) is 8.72. The van der Waals surface area contributed by atoms with Gasteiger partial charge in [-0.2, -0.15) is 5.10 Å². The first-order valence-corrected chi connectivity index (χ1v) is 11.7. The van der Waals surface area contributed by atoms with Gasteiger partial charge in [0, 0.05) is 28.1 Å². The number of aromatic amines is 1. The number of carbonyl (C=O) groups excluding carboxylic acids is 1. The first-order chi connectivity index (χ1) is 17.2. The van der Waals surface area contributed by atoms with Gasteiger partial charge < -0.3 is 15.4 Å². The lowest BCUT2D eigenvalue weighted by molar-refractivity contribution is -0.124. The van der Waals surface area contributed by atoms with Crippen LogP contribution >= 0.6 is 0 Å². The van der Waals surface area contributed by atoms with Gasteiger partial charge in [0.1, 0.15) is 11.6 Å². The molecule has 3 N–H and O–H groups in total. The number of carbonyl (C=O) groups is 1. The highest BCUT2D eigenvalue weighted by atomic mass is 16.5. The van der Waals surface area contributed by atoms with Crippen LogP contribution in [0.3, 0.4) is 0 Å². The van der Waals surface area contributed by atoms with E-state index < -0.39 is 0 Å². The molecule has 35 heavy (non-hydrogen) atoms. The van der Waals surface area contributed by atoms with Gasteiger partial charge in [-0.3, -0.25) is 9.89 Å². The lowest BCUT2D eigenvalue weighted by atomic mass is 9.93. The zero-order valence-corrected chi connectivity index (χ0v) is 19.0. The fourth-order valence-corrected chi connectivity index (χ4v) is 4.15. The lowest BCUT2D eigenvalue weighted by Gasteiger charge is -2.26. The zero-order chi connectivity index (χ0) is 23.6. The van der Waals surface area contributed by atoms with Gasteiger partial charge in [0.05, 0.1) is 17.2 Å². The van der Waals surface area contributed by atoms with Crippen LogP contribution in [0, 0.1) is 0 Å². The molecule has 3 aromatic carbocycles. The number of aromatic nitrogens is 4. The number of hydrogen-bond donors (Lipinski definition) is 3. The van der Waals surface area contributed by atoms with Crippen LogP contribution in [0.2, 0.25) is 0 Å². The molecule has 8 heteroatoms. The molecule has 0 atom stereocenters. The molecule has 2 heterocycles. The minimum Gasteiger partial charge on any atom is -0.484 e. The Morgan fingerprint density at radius 1 is 1.03 bits per heavy atom. The lowest BCUT2D eigenvalue weighted by Crippen LogP contribution is -2.41. The number of nitrogens with zero attached hydrogens (tertiary/aromatic N) is 3. The van der Waals surface area contributed by atoms with Crippen molar-refractivity contribution in [1.29, 1.82) is 0 Å². The van der Waals surface area contributed by atoms with Gasteiger partial charge in [-0.05, 0) is 61.7 Å². The fourth-order valence-electron chi connectivity index (χ4n) is 4.15. The smallest absolute Gasteiger partial charge is 0.258 e. The number of ether oxygens (including phenoxy) is 1. The van der Waals surface area contributed by atoms with E-state index in [9.17, 15) is 4.79 Å². The molecular weight excluding hydrogens is 440 g/mol. The van der Waals surface area contributed by atoms with E-state index in [1.165, 1.54) is 6.42 Å². The van der Waals surface area contributed by atoms with Crippen molar-refractivity contribution in [2.24, 2.45) is 0 Å². The molecule has 0 spiro atoms. The molecule has 1 saturated carbocycles. The van der Waals surface area contributed by atoms with Crippen LogP contribution < -0.4 is 15.4 Å². The zero-order valence-electron chi connectivity index (χ0n) is 19.0. The van der Waals surface area contributed by atoms with Crippen molar-refractivity contribution in [3.05, 3.63) is 72.9 Å². The Labute approximate surface area is 201 Å². The van der Waals surface area contributed by atoms with Crippen LogP contribution in [0.1, 0.15) is 19.3 Å². The molecule has 8 nitrogen and oxygen atoms in total. The predicted octanol–water partition coefficient (Wildman–Crippen LogP) is 4.96. The third kappa shape index (κ3) is 4.50. The van der Waals surface area contributed by atoms with Crippen LogP contribution in [-0.2, 0) is 4.79 Å². The number of fused-ring (bicyclic) bond motifs is 2. The summed E-state index contributed by atoms with van der Waals surface area (Å²) in [6, 6.07) is 21.7. The number of nitrogens with one attached hydrogen (secondary N) is 3. The average Bonchev–Trinajstić information content (AvgIpc) is 3.33. The second-order valence-electron chi connectivity index (χ2n) is 8.72. The number of anilines is 2. The Morgan fingerprint density at radius 2 is 1.94 bits per heavy atom. The standard InChI is InChI=1S/C27H24N6O2/c34-25(29-19-6-4-7-19)16-35-21-8-3-5-17(14-21)26-31-24-10-2-1-9-22(24)27(32-26)30-20-11-12-23-18(13-20)15-28-33-23/h1-3,5,8-15,19H,4,6-7,16H2,(H,28,33)(H,29,34)(H,30,31,32). The summed E-state index contributed by atoms with van der Waals surface area (Å²) < 4.78 is 5.75. The molecule has 1 fully saturated rings. The van der Waals surface area contributed by atoms with Crippen molar-refractivity contribution in [2.75, 3.05) is 11.9 Å². The maximum absolute atomic E-state index is 12.1. The Hall–Kier alpha value is -4.46. The summed E-state index contributed by atoms with van der Waals surface area (Å²) in [6.07, 6.45) is 5.07. The molecule has 0 aliphatic heterocycles. The highest BCUT2D eigenvalue weighted by Gasteiger charge is 2.19. The first kappa shape index (κ1) is 21.1. The summed E-state index contributed by atoms with van der Waals surface area (Å²) in [6.45, 7) is -0.0121. The Kier molecular flexibility index (Phi) is 5.46. The highest BCUT2D eigenvalue weighted by molar-refractivity contribution is 5.93. The monoisotopic (exact) mass is 464 g/mol. The normalized spacial score (nSPS) is 13.5. The topological polar surface area (TPSA) is 105 Å². The van der Waals surface area contributed by atoms with Crippen molar-refractivity contribution >= 4 is 39.2 Å². The number of benzene rings is 3. The summed E-state index contributed by atoms with van der Waals surface area (Å²) >= 11 is 0. The van der Waals surface area contributed by atoms with Crippen molar-refractivity contribution in [3.8, 4) is 17.1 Å². The SMILES string of the molecule is O=C(COc1cccc(-c2nc(Nc3ccc4[nH]ncc4c3)c3ccccc3n2)c1)NC1CCC1. The average molecular weight is 465 g/mol. The number of hydrogen-bond acceptors (Lipinski definition) is 6. The molecule has 0 saturated heterocycles. The minimum atomic E-state index is -0.0943. The van der Waals surface area contributed by atoms with Crippen molar-refractivity contribution in [3.63, 3.8) is 0 Å². The molecule has 1 aliphatic rings. The van der Waals surface area contributed by atoms with Crippen molar-refractivity contribution in [2.45, 2.75) is 25.3 Å². The quantitative estimate of drug-likeness (QED) is 0.314. The van der Waals surface area contributed by atoms with Crippen LogP contribution in [-0.4, -0.2) is 38.7 Å². The summed E-state index contributed by atoms with van der Waals surface area (Å²) in [5, 5.41) is 15.4. The summed E-state index contributed by atoms with van der Waals surface area (Å²) in [5.41, 5.74) is 3.52. The van der Waals surface area contributed by atoms with Gasteiger partial charge in [-0.15, -0.1) is 0 Å². The fraction of sp³-hybridized carbons (Fsp3) is 0.185.